The van der Waals surface area contributed by atoms with Gasteiger partial charge in [-0.3, -0.25) is 0 Å². The summed E-state index contributed by atoms with van der Waals surface area (Å²) >= 11 is 1.95. The normalized spacial score (nSPS) is 12.7. The van der Waals surface area contributed by atoms with E-state index in [0.29, 0.717) is 0 Å². The molecule has 2 nitrogen and oxygen atoms in total. The van der Waals surface area contributed by atoms with Crippen molar-refractivity contribution in [2.24, 2.45) is 0 Å². The van der Waals surface area contributed by atoms with Crippen molar-refractivity contribution in [3.05, 3.63) is 170 Å². The van der Waals surface area contributed by atoms with Crippen molar-refractivity contribution < 1.29 is 4.74 Å². The third kappa shape index (κ3) is 3.85. The molecule has 0 amide bonds. The van der Waals surface area contributed by atoms with Crippen LogP contribution in [0, 0.1) is 0 Å². The molecule has 3 aromatic heterocycles. The first kappa shape index (κ1) is 28.4. The van der Waals surface area contributed by atoms with Gasteiger partial charge in [0.1, 0.15) is 11.5 Å². The molecule has 1 aliphatic heterocycles. The van der Waals surface area contributed by atoms with Crippen molar-refractivity contribution in [2.75, 3.05) is 0 Å². The lowest BCUT2D eigenvalue weighted by Crippen LogP contribution is -2.55. The monoisotopic (exact) mass is 677 g/mol. The first-order chi connectivity index (χ1) is 25.8. The molecule has 11 aromatic rings. The second kappa shape index (κ2) is 10.6. The van der Waals surface area contributed by atoms with Crippen LogP contribution in [0.4, 0.5) is 0 Å². The Balaban J connectivity index is 1.18. The molecule has 0 saturated carbocycles. The molecule has 240 valence electrons. The predicted molar refractivity (Wildman–Crippen MR) is 222 cm³/mol. The van der Waals surface area contributed by atoms with E-state index in [-0.39, 0.29) is 6.71 Å². The molecule has 1 aliphatic rings. The van der Waals surface area contributed by atoms with Crippen LogP contribution in [0.2, 0.25) is 0 Å². The highest BCUT2D eigenvalue weighted by molar-refractivity contribution is 7.28. The number of hydrogen-bond acceptors (Lipinski definition) is 2. The molecule has 0 aliphatic carbocycles. The van der Waals surface area contributed by atoms with Gasteiger partial charge in [0.25, 0.3) is 6.71 Å². The minimum Gasteiger partial charge on any atom is -0.458 e. The Morgan fingerprint density at radius 2 is 0.981 bits per heavy atom. The molecule has 12 rings (SSSR count). The zero-order valence-electron chi connectivity index (χ0n) is 28.0. The molecule has 0 unspecified atom stereocenters. The second-order valence-corrected chi connectivity index (χ2v) is 15.0. The van der Waals surface area contributed by atoms with E-state index >= 15 is 0 Å². The van der Waals surface area contributed by atoms with Crippen molar-refractivity contribution in [1.82, 2.24) is 4.40 Å². The van der Waals surface area contributed by atoms with Crippen molar-refractivity contribution in [1.29, 1.82) is 0 Å². The molecule has 0 spiro atoms. The minimum atomic E-state index is -0.0206. The summed E-state index contributed by atoms with van der Waals surface area (Å²) in [4.78, 5) is 0. The van der Waals surface area contributed by atoms with Crippen LogP contribution in [-0.4, -0.2) is 11.1 Å². The Morgan fingerprint density at radius 3 is 1.65 bits per heavy atom. The quantitative estimate of drug-likeness (QED) is 0.170. The molecular weight excluding hydrogens is 649 g/mol. The predicted octanol–water partition coefficient (Wildman–Crippen LogP) is 11.2. The number of thiophene rings is 1. The van der Waals surface area contributed by atoms with Crippen LogP contribution < -0.4 is 21.1 Å². The lowest BCUT2D eigenvalue weighted by atomic mass is 9.35. The van der Waals surface area contributed by atoms with E-state index in [1.54, 1.807) is 0 Å². The molecule has 52 heavy (non-hydrogen) atoms. The van der Waals surface area contributed by atoms with Gasteiger partial charge in [-0.1, -0.05) is 145 Å². The first-order valence-corrected chi connectivity index (χ1v) is 18.7. The molecule has 4 heterocycles. The van der Waals surface area contributed by atoms with E-state index in [0.717, 1.165) is 11.5 Å². The summed E-state index contributed by atoms with van der Waals surface area (Å²) in [6.07, 6.45) is 0. The standard InChI is InChI=1S/C48H28BNOS/c1-3-12-29(13-4-1)31-22-24-43-39(26-31)49(40-27-32(23-25-44(40)51-43)30-14-5-2-6-15-30)38-19-11-18-34-37-28-36-33-16-7-9-20-41(33)50-42-21-10-8-17-35(42)45(46(36)50)48(37)52-47(34)38/h1-28H. The molecule has 0 saturated heterocycles. The van der Waals surface area contributed by atoms with Crippen LogP contribution in [-0.2, 0) is 0 Å². The molecule has 8 aromatic carbocycles. The third-order valence-electron chi connectivity index (χ3n) is 11.3. The number of nitrogens with zero attached hydrogens (tertiary/aromatic N) is 1. The molecule has 0 atom stereocenters. The molecule has 0 bridgehead atoms. The van der Waals surface area contributed by atoms with Gasteiger partial charge in [-0.2, -0.15) is 0 Å². The number of rotatable bonds is 3. The Hall–Kier alpha value is -6.36. The van der Waals surface area contributed by atoms with Crippen LogP contribution in [0.15, 0.2) is 170 Å². The Bertz CT molecular complexity index is 3130. The van der Waals surface area contributed by atoms with Crippen molar-refractivity contribution in [3.63, 3.8) is 0 Å². The summed E-state index contributed by atoms with van der Waals surface area (Å²) < 4.78 is 11.9. The molecule has 4 heteroatoms. The zero-order valence-corrected chi connectivity index (χ0v) is 28.8. The van der Waals surface area contributed by atoms with Gasteiger partial charge < -0.3 is 9.14 Å². The number of benzene rings is 8. The van der Waals surface area contributed by atoms with Crippen LogP contribution in [0.3, 0.4) is 0 Å². The van der Waals surface area contributed by atoms with Gasteiger partial charge in [0.05, 0.1) is 16.6 Å². The SMILES string of the molecule is c1ccc(-c2ccc3c(c2)B(c2cccc4c2sc2c4cc4c5ccccc5n5c6ccccc6c2c45)c2cc(-c4ccccc4)ccc2O3)cc1. The lowest BCUT2D eigenvalue weighted by molar-refractivity contribution is 0.487. The van der Waals surface area contributed by atoms with E-state index in [2.05, 4.69) is 174 Å². The number of aromatic nitrogens is 1. The summed E-state index contributed by atoms with van der Waals surface area (Å²) in [6.45, 7) is -0.0206. The smallest absolute Gasteiger partial charge is 0.252 e. The molecule has 0 N–H and O–H groups in total. The van der Waals surface area contributed by atoms with Gasteiger partial charge in [-0.25, -0.2) is 0 Å². The highest BCUT2D eigenvalue weighted by Gasteiger charge is 2.35. The van der Waals surface area contributed by atoms with Crippen molar-refractivity contribution in [3.8, 4) is 33.8 Å². The number of fused-ring (bicyclic) bond motifs is 12. The maximum absolute atomic E-state index is 6.75. The number of hydrogen-bond donors (Lipinski definition) is 0. The largest absolute Gasteiger partial charge is 0.458 e. The Labute approximate surface area is 304 Å². The van der Waals surface area contributed by atoms with Crippen molar-refractivity contribution >= 4 is 92.7 Å². The summed E-state index contributed by atoms with van der Waals surface area (Å²) in [5.41, 5.74) is 12.4. The zero-order chi connectivity index (χ0) is 33.9. The van der Waals surface area contributed by atoms with Crippen LogP contribution >= 0.6 is 11.3 Å². The second-order valence-electron chi connectivity index (χ2n) is 14.0. The average Bonchev–Trinajstić information content (AvgIpc) is 3.87. The minimum absolute atomic E-state index is 0.0206. The van der Waals surface area contributed by atoms with Gasteiger partial charge in [0.15, 0.2) is 0 Å². The van der Waals surface area contributed by atoms with Crippen LogP contribution in [0.1, 0.15) is 0 Å². The van der Waals surface area contributed by atoms with Gasteiger partial charge in [0.2, 0.25) is 0 Å². The average molecular weight is 678 g/mol. The fourth-order valence-corrected chi connectivity index (χ4v) is 10.4. The van der Waals surface area contributed by atoms with E-state index < -0.39 is 0 Å². The number of para-hydroxylation sites is 2. The number of ether oxygens (including phenoxy) is 1. The fourth-order valence-electron chi connectivity index (χ4n) is 8.98. The fraction of sp³-hybridized carbons (Fsp3) is 0. The maximum Gasteiger partial charge on any atom is 0.252 e. The third-order valence-corrected chi connectivity index (χ3v) is 12.5. The highest BCUT2D eigenvalue weighted by atomic mass is 32.1. The maximum atomic E-state index is 6.75. The summed E-state index contributed by atoms with van der Waals surface area (Å²) in [5.74, 6) is 1.84. The van der Waals surface area contributed by atoms with Crippen molar-refractivity contribution in [2.45, 2.75) is 0 Å². The Morgan fingerprint density at radius 1 is 0.404 bits per heavy atom. The van der Waals surface area contributed by atoms with E-state index in [1.165, 1.54) is 96.9 Å². The van der Waals surface area contributed by atoms with Crippen LogP contribution in [0.5, 0.6) is 11.5 Å². The van der Waals surface area contributed by atoms with E-state index in [4.69, 9.17) is 4.74 Å². The van der Waals surface area contributed by atoms with Crippen LogP contribution in [0.25, 0.3) is 80.5 Å². The molecule has 0 radical (unpaired) electrons. The summed E-state index contributed by atoms with van der Waals surface area (Å²) in [7, 11) is 0. The molecular formula is C48H28BNOS. The lowest BCUT2D eigenvalue weighted by Gasteiger charge is -2.28. The van der Waals surface area contributed by atoms with Gasteiger partial charge in [-0.05, 0) is 68.9 Å². The Kier molecular flexibility index (Phi) is 5.77. The summed E-state index contributed by atoms with van der Waals surface area (Å²) in [5, 5.41) is 7.93. The highest BCUT2D eigenvalue weighted by Crippen LogP contribution is 2.47. The first-order valence-electron chi connectivity index (χ1n) is 17.9. The topological polar surface area (TPSA) is 13.6 Å². The molecule has 0 fully saturated rings. The van der Waals surface area contributed by atoms with E-state index in [9.17, 15) is 0 Å². The van der Waals surface area contributed by atoms with Gasteiger partial charge in [0, 0.05) is 36.3 Å². The van der Waals surface area contributed by atoms with Gasteiger partial charge in [-0.15, -0.1) is 11.3 Å². The van der Waals surface area contributed by atoms with E-state index in [1.807, 2.05) is 11.3 Å². The summed E-state index contributed by atoms with van der Waals surface area (Å²) in [6, 6.07) is 62.0. The van der Waals surface area contributed by atoms with Gasteiger partial charge >= 0.3 is 0 Å².